The molecule has 0 spiro atoms. The number of pyridine rings is 2. The van der Waals surface area contributed by atoms with Gasteiger partial charge in [-0.3, -0.25) is 9.59 Å². The average Bonchev–Trinajstić information content (AvgIpc) is 2.78. The molecule has 0 unspecified atom stereocenters. The van der Waals surface area contributed by atoms with E-state index in [1.54, 1.807) is 11.0 Å². The van der Waals surface area contributed by atoms with Crippen LogP contribution in [0.3, 0.4) is 0 Å². The molecule has 0 radical (unpaired) electrons. The molecule has 0 atom stereocenters. The van der Waals surface area contributed by atoms with Gasteiger partial charge in [-0.05, 0) is 72.1 Å². The molecule has 10 heteroatoms. The summed E-state index contributed by atoms with van der Waals surface area (Å²) in [4.78, 5) is 48.6. The van der Waals surface area contributed by atoms with Crippen molar-refractivity contribution in [3.8, 4) is 0 Å². The number of aryl methyl sites for hydroxylation is 2. The number of ether oxygens (including phenoxy) is 1. The van der Waals surface area contributed by atoms with Crippen molar-refractivity contribution in [2.75, 3.05) is 25.0 Å². The lowest BCUT2D eigenvalue weighted by atomic mass is 10.0. The van der Waals surface area contributed by atoms with Gasteiger partial charge in [0.1, 0.15) is 16.4 Å². The third-order valence-corrected chi connectivity index (χ3v) is 6.59. The Morgan fingerprint density at radius 2 is 1.86 bits per heavy atom. The van der Waals surface area contributed by atoms with Gasteiger partial charge in [-0.25, -0.2) is 9.78 Å². The van der Waals surface area contributed by atoms with Crippen LogP contribution in [0, 0.1) is 20.8 Å². The van der Waals surface area contributed by atoms with E-state index in [9.17, 15) is 14.4 Å². The molecule has 196 valence electrons. The summed E-state index contributed by atoms with van der Waals surface area (Å²) in [5, 5.41) is 3.02. The standard InChI is InChI=1S/C26H36ClN5O4/c1-15-12-16(2)29-23(33)19(15)14-28-24(34)22-17(3)20(13-21(27)30-22)31(7)18-8-10-32(11-9-18)25(35)36-26(4,5)6/h12-13,18H,8-11,14H2,1-7H3,(H,28,34)(H,29,33). The Labute approximate surface area is 217 Å². The lowest BCUT2D eigenvalue weighted by molar-refractivity contribution is 0.0205. The first-order chi connectivity index (χ1) is 16.8. The molecule has 0 saturated carbocycles. The Morgan fingerprint density at radius 3 is 2.44 bits per heavy atom. The maximum absolute atomic E-state index is 13.0. The Bertz CT molecular complexity index is 1200. The van der Waals surface area contributed by atoms with E-state index in [0.29, 0.717) is 24.2 Å². The number of nitrogens with zero attached hydrogens (tertiary/aromatic N) is 3. The Morgan fingerprint density at radius 1 is 1.22 bits per heavy atom. The van der Waals surface area contributed by atoms with Crippen LogP contribution in [0.4, 0.5) is 10.5 Å². The zero-order valence-electron chi connectivity index (χ0n) is 22.1. The SMILES string of the molecule is Cc1cc(C)c(CNC(=O)c2nc(Cl)cc(N(C)C3CCN(C(=O)OC(C)(C)C)CC3)c2C)c(=O)[nH]1. The number of carbonyl (C=O) groups is 2. The smallest absolute Gasteiger partial charge is 0.410 e. The van der Waals surface area contributed by atoms with E-state index in [4.69, 9.17) is 16.3 Å². The molecule has 0 aliphatic carbocycles. The van der Waals surface area contributed by atoms with Crippen LogP contribution >= 0.6 is 11.6 Å². The van der Waals surface area contributed by atoms with E-state index in [1.165, 1.54) is 0 Å². The molecular formula is C26H36ClN5O4. The number of anilines is 1. The number of halogens is 1. The number of rotatable bonds is 5. The van der Waals surface area contributed by atoms with Crippen molar-refractivity contribution < 1.29 is 14.3 Å². The molecule has 36 heavy (non-hydrogen) atoms. The van der Waals surface area contributed by atoms with Crippen molar-refractivity contribution in [3.63, 3.8) is 0 Å². The minimum Gasteiger partial charge on any atom is -0.444 e. The lowest BCUT2D eigenvalue weighted by Gasteiger charge is -2.38. The maximum atomic E-state index is 13.0. The predicted molar refractivity (Wildman–Crippen MR) is 141 cm³/mol. The van der Waals surface area contributed by atoms with Crippen molar-refractivity contribution in [1.82, 2.24) is 20.2 Å². The fraction of sp³-hybridized carbons (Fsp3) is 0.538. The normalized spacial score (nSPS) is 14.5. The van der Waals surface area contributed by atoms with Gasteiger partial charge < -0.3 is 24.8 Å². The minimum absolute atomic E-state index is 0.0855. The third-order valence-electron chi connectivity index (χ3n) is 6.39. The highest BCUT2D eigenvalue weighted by Crippen LogP contribution is 2.29. The largest absolute Gasteiger partial charge is 0.444 e. The summed E-state index contributed by atoms with van der Waals surface area (Å²) < 4.78 is 5.49. The lowest BCUT2D eigenvalue weighted by Crippen LogP contribution is -2.47. The van der Waals surface area contributed by atoms with Gasteiger partial charge in [-0.2, -0.15) is 0 Å². The highest BCUT2D eigenvalue weighted by atomic mass is 35.5. The Balaban J connectivity index is 1.71. The number of H-pyrrole nitrogens is 1. The summed E-state index contributed by atoms with van der Waals surface area (Å²) in [7, 11) is 1.96. The van der Waals surface area contributed by atoms with Crippen LogP contribution in [-0.2, 0) is 11.3 Å². The zero-order chi connectivity index (χ0) is 26.8. The van der Waals surface area contributed by atoms with Crippen molar-refractivity contribution in [2.24, 2.45) is 0 Å². The quantitative estimate of drug-likeness (QED) is 0.578. The summed E-state index contributed by atoms with van der Waals surface area (Å²) in [5.41, 5.74) is 3.05. The first-order valence-corrected chi connectivity index (χ1v) is 12.5. The van der Waals surface area contributed by atoms with Crippen molar-refractivity contribution in [1.29, 1.82) is 0 Å². The zero-order valence-corrected chi connectivity index (χ0v) is 22.9. The maximum Gasteiger partial charge on any atom is 0.410 e. The van der Waals surface area contributed by atoms with Gasteiger partial charge in [-0.15, -0.1) is 0 Å². The van der Waals surface area contributed by atoms with E-state index >= 15 is 0 Å². The number of aromatic amines is 1. The number of nitrogens with one attached hydrogen (secondary N) is 2. The molecule has 2 aromatic heterocycles. The summed E-state index contributed by atoms with van der Waals surface area (Å²) in [5.74, 6) is -0.399. The third kappa shape index (κ3) is 6.57. The molecule has 2 N–H and O–H groups in total. The summed E-state index contributed by atoms with van der Waals surface area (Å²) in [6.45, 7) is 12.3. The second-order valence-corrected chi connectivity index (χ2v) is 10.8. The van der Waals surface area contributed by atoms with Crippen LogP contribution in [-0.4, -0.2) is 58.6 Å². The van der Waals surface area contributed by atoms with Crippen LogP contribution in [0.15, 0.2) is 16.9 Å². The number of carbonyl (C=O) groups excluding carboxylic acids is 2. The number of amides is 2. The minimum atomic E-state index is -0.530. The van der Waals surface area contributed by atoms with E-state index < -0.39 is 11.5 Å². The molecule has 0 aromatic carbocycles. The number of likely N-dealkylation sites (tertiary alicyclic amines) is 1. The molecule has 9 nitrogen and oxygen atoms in total. The molecule has 2 amide bonds. The first-order valence-electron chi connectivity index (χ1n) is 12.1. The van der Waals surface area contributed by atoms with E-state index in [2.05, 4.69) is 20.2 Å². The molecule has 3 heterocycles. The van der Waals surface area contributed by atoms with Crippen LogP contribution in [0.1, 0.15) is 66.5 Å². The Hall–Kier alpha value is -3.07. The van der Waals surface area contributed by atoms with E-state index in [-0.39, 0.29) is 35.1 Å². The van der Waals surface area contributed by atoms with Gasteiger partial charge in [0.25, 0.3) is 11.5 Å². The fourth-order valence-corrected chi connectivity index (χ4v) is 4.65. The van der Waals surface area contributed by atoms with Crippen molar-refractivity contribution >= 4 is 29.3 Å². The molecule has 2 aromatic rings. The number of aromatic nitrogens is 2. The van der Waals surface area contributed by atoms with Gasteiger partial charge in [0.15, 0.2) is 0 Å². The fourth-order valence-electron chi connectivity index (χ4n) is 4.47. The highest BCUT2D eigenvalue weighted by molar-refractivity contribution is 6.30. The topological polar surface area (TPSA) is 108 Å². The Kier molecular flexibility index (Phi) is 8.33. The van der Waals surface area contributed by atoms with Crippen LogP contribution in [0.25, 0.3) is 0 Å². The van der Waals surface area contributed by atoms with Crippen LogP contribution < -0.4 is 15.8 Å². The number of hydrogen-bond acceptors (Lipinski definition) is 6. The average molecular weight is 518 g/mol. The van der Waals surface area contributed by atoms with E-state index in [1.807, 2.05) is 54.7 Å². The molecule has 0 bridgehead atoms. The second kappa shape index (κ2) is 10.9. The molecule has 1 aliphatic rings. The molecule has 1 saturated heterocycles. The molecule has 3 rings (SSSR count). The van der Waals surface area contributed by atoms with E-state index in [0.717, 1.165) is 29.8 Å². The number of piperidine rings is 1. The summed E-state index contributed by atoms with van der Waals surface area (Å²) >= 11 is 6.32. The van der Waals surface area contributed by atoms with Gasteiger partial charge in [0.2, 0.25) is 0 Å². The van der Waals surface area contributed by atoms with Gasteiger partial charge in [0, 0.05) is 55.2 Å². The van der Waals surface area contributed by atoms with Gasteiger partial charge in [0.05, 0.1) is 0 Å². The van der Waals surface area contributed by atoms with Crippen molar-refractivity contribution in [3.05, 3.63) is 55.7 Å². The molecular weight excluding hydrogens is 482 g/mol. The summed E-state index contributed by atoms with van der Waals surface area (Å²) in [6.07, 6.45) is 1.21. The highest BCUT2D eigenvalue weighted by Gasteiger charge is 2.30. The summed E-state index contributed by atoms with van der Waals surface area (Å²) in [6, 6.07) is 3.78. The second-order valence-electron chi connectivity index (χ2n) is 10.4. The van der Waals surface area contributed by atoms with Gasteiger partial charge in [-0.1, -0.05) is 11.6 Å². The number of hydrogen-bond donors (Lipinski definition) is 2. The van der Waals surface area contributed by atoms with Crippen LogP contribution in [0.2, 0.25) is 5.15 Å². The first kappa shape index (κ1) is 27.5. The van der Waals surface area contributed by atoms with Crippen LogP contribution in [0.5, 0.6) is 0 Å². The molecule has 1 aliphatic heterocycles. The van der Waals surface area contributed by atoms with Gasteiger partial charge >= 0.3 is 6.09 Å². The van der Waals surface area contributed by atoms with Crippen molar-refractivity contribution in [2.45, 2.75) is 72.6 Å². The predicted octanol–water partition coefficient (Wildman–Crippen LogP) is 4.11. The monoisotopic (exact) mass is 517 g/mol. The molecule has 1 fully saturated rings.